The number of nitrogens with one attached hydrogen (secondary N) is 1. The molecule has 1 aliphatic carbocycles. The van der Waals surface area contributed by atoms with E-state index in [0.29, 0.717) is 13.0 Å². The molecule has 1 rings (SSSR count). The highest BCUT2D eigenvalue weighted by molar-refractivity contribution is 5.76. The van der Waals surface area contributed by atoms with Gasteiger partial charge in [-0.3, -0.25) is 4.79 Å². The Labute approximate surface area is 113 Å². The minimum absolute atomic E-state index is 0.0682. The Morgan fingerprint density at radius 1 is 1.42 bits per heavy atom. The topological polar surface area (TPSA) is 89.9 Å². The number of aliphatic carboxylic acids is 1. The molecule has 0 bridgehead atoms. The van der Waals surface area contributed by atoms with Gasteiger partial charge in [-0.2, -0.15) is 0 Å². The van der Waals surface area contributed by atoms with Crippen LogP contribution in [0.4, 0.5) is 4.79 Å². The molecule has 0 aromatic carbocycles. The van der Waals surface area contributed by atoms with Gasteiger partial charge in [-0.1, -0.05) is 13.3 Å². The van der Waals surface area contributed by atoms with Crippen LogP contribution in [0.1, 0.15) is 39.0 Å². The molecule has 1 saturated carbocycles. The van der Waals surface area contributed by atoms with Crippen LogP contribution in [0.2, 0.25) is 0 Å². The van der Waals surface area contributed by atoms with Gasteiger partial charge in [-0.05, 0) is 25.7 Å². The lowest BCUT2D eigenvalue weighted by Gasteiger charge is -2.37. The standard InChI is InChI=1S/C13H24N2O4/c1-2-4-10(12(17)18)9-14-13(19)15(7-8-16)11-5-3-6-11/h10-11,16H,2-9H2,1H3,(H,14,19)(H,17,18). The maximum absolute atomic E-state index is 12.0. The average molecular weight is 272 g/mol. The van der Waals surface area contributed by atoms with E-state index in [2.05, 4.69) is 5.32 Å². The van der Waals surface area contributed by atoms with Gasteiger partial charge in [0.1, 0.15) is 0 Å². The van der Waals surface area contributed by atoms with Crippen molar-refractivity contribution in [2.45, 2.75) is 45.1 Å². The zero-order valence-corrected chi connectivity index (χ0v) is 11.5. The molecule has 1 unspecified atom stereocenters. The number of carboxylic acids is 1. The lowest BCUT2D eigenvalue weighted by atomic mass is 9.91. The summed E-state index contributed by atoms with van der Waals surface area (Å²) in [6.45, 7) is 2.31. The molecule has 0 heterocycles. The molecule has 0 radical (unpaired) electrons. The van der Waals surface area contributed by atoms with Gasteiger partial charge in [0, 0.05) is 19.1 Å². The van der Waals surface area contributed by atoms with Gasteiger partial charge < -0.3 is 20.4 Å². The number of nitrogens with zero attached hydrogens (tertiary/aromatic N) is 1. The molecule has 6 nitrogen and oxygen atoms in total. The van der Waals surface area contributed by atoms with Crippen LogP contribution in [0.15, 0.2) is 0 Å². The van der Waals surface area contributed by atoms with Gasteiger partial charge in [0.25, 0.3) is 0 Å². The first kappa shape index (κ1) is 15.8. The molecule has 6 heteroatoms. The normalized spacial score (nSPS) is 16.5. The number of carbonyl (C=O) groups excluding carboxylic acids is 1. The van der Waals surface area contributed by atoms with Crippen molar-refractivity contribution >= 4 is 12.0 Å². The molecule has 1 atom stereocenters. The smallest absolute Gasteiger partial charge is 0.317 e. The number of amides is 2. The van der Waals surface area contributed by atoms with Crippen LogP contribution in [0, 0.1) is 5.92 Å². The predicted molar refractivity (Wildman–Crippen MR) is 70.9 cm³/mol. The third-order valence-electron chi connectivity index (χ3n) is 3.60. The molecule has 0 spiro atoms. The Balaban J connectivity index is 2.44. The van der Waals surface area contributed by atoms with E-state index < -0.39 is 11.9 Å². The van der Waals surface area contributed by atoms with Crippen molar-refractivity contribution in [3.05, 3.63) is 0 Å². The fraction of sp³-hybridized carbons (Fsp3) is 0.846. The van der Waals surface area contributed by atoms with Crippen molar-refractivity contribution in [1.29, 1.82) is 0 Å². The van der Waals surface area contributed by atoms with Crippen LogP contribution in [0.3, 0.4) is 0 Å². The SMILES string of the molecule is CCCC(CNC(=O)N(CCO)C1CCC1)C(=O)O. The Kier molecular flexibility index (Phi) is 6.62. The van der Waals surface area contributed by atoms with Crippen LogP contribution >= 0.6 is 0 Å². The first-order valence-electron chi connectivity index (χ1n) is 6.98. The highest BCUT2D eigenvalue weighted by atomic mass is 16.4. The summed E-state index contributed by atoms with van der Waals surface area (Å²) < 4.78 is 0. The van der Waals surface area contributed by atoms with E-state index >= 15 is 0 Å². The molecule has 3 N–H and O–H groups in total. The minimum Gasteiger partial charge on any atom is -0.481 e. The van der Waals surface area contributed by atoms with Gasteiger partial charge in [-0.25, -0.2) is 4.79 Å². The van der Waals surface area contributed by atoms with E-state index in [4.69, 9.17) is 10.2 Å². The van der Waals surface area contributed by atoms with Crippen molar-refractivity contribution in [3.8, 4) is 0 Å². The number of aliphatic hydroxyl groups is 1. The molecule has 0 saturated heterocycles. The number of hydrogen-bond donors (Lipinski definition) is 3. The number of aliphatic hydroxyl groups excluding tert-OH is 1. The Morgan fingerprint density at radius 3 is 2.53 bits per heavy atom. The molecule has 0 aromatic rings. The zero-order chi connectivity index (χ0) is 14.3. The average Bonchev–Trinajstić information content (AvgIpc) is 2.31. The van der Waals surface area contributed by atoms with E-state index in [9.17, 15) is 9.59 Å². The molecule has 2 amide bonds. The summed E-state index contributed by atoms with van der Waals surface area (Å²) in [5.74, 6) is -1.41. The van der Waals surface area contributed by atoms with Crippen LogP contribution in [-0.2, 0) is 4.79 Å². The van der Waals surface area contributed by atoms with Crippen molar-refractivity contribution in [2.75, 3.05) is 19.7 Å². The number of hydrogen-bond acceptors (Lipinski definition) is 3. The molecular weight excluding hydrogens is 248 g/mol. The zero-order valence-electron chi connectivity index (χ0n) is 11.5. The fourth-order valence-electron chi connectivity index (χ4n) is 2.23. The van der Waals surface area contributed by atoms with Crippen molar-refractivity contribution < 1.29 is 19.8 Å². The van der Waals surface area contributed by atoms with Gasteiger partial charge in [-0.15, -0.1) is 0 Å². The molecule has 1 aliphatic rings. The van der Waals surface area contributed by atoms with Crippen molar-refractivity contribution in [3.63, 3.8) is 0 Å². The van der Waals surface area contributed by atoms with Gasteiger partial charge >= 0.3 is 12.0 Å². The Bertz CT molecular complexity index is 305. The van der Waals surface area contributed by atoms with E-state index in [1.165, 1.54) is 0 Å². The Hall–Kier alpha value is -1.30. The van der Waals surface area contributed by atoms with Crippen LogP contribution in [-0.4, -0.2) is 52.9 Å². The molecule has 19 heavy (non-hydrogen) atoms. The summed E-state index contributed by atoms with van der Waals surface area (Å²) in [7, 11) is 0. The highest BCUT2D eigenvalue weighted by Gasteiger charge is 2.29. The monoisotopic (exact) mass is 272 g/mol. The second-order valence-electron chi connectivity index (χ2n) is 5.01. The largest absolute Gasteiger partial charge is 0.481 e. The molecule has 0 aliphatic heterocycles. The second kappa shape index (κ2) is 7.99. The van der Waals surface area contributed by atoms with Crippen molar-refractivity contribution in [2.24, 2.45) is 5.92 Å². The molecule has 1 fully saturated rings. The van der Waals surface area contributed by atoms with Gasteiger partial charge in [0.15, 0.2) is 0 Å². The summed E-state index contributed by atoms with van der Waals surface area (Å²) >= 11 is 0. The third kappa shape index (κ3) is 4.70. The lowest BCUT2D eigenvalue weighted by Crippen LogP contribution is -2.51. The van der Waals surface area contributed by atoms with E-state index in [1.54, 1.807) is 4.90 Å². The summed E-state index contributed by atoms with van der Waals surface area (Å²) in [6, 6.07) is -0.0669. The van der Waals surface area contributed by atoms with E-state index in [0.717, 1.165) is 25.7 Å². The maximum Gasteiger partial charge on any atom is 0.317 e. The summed E-state index contributed by atoms with van der Waals surface area (Å²) in [5.41, 5.74) is 0. The van der Waals surface area contributed by atoms with E-state index in [-0.39, 0.29) is 25.2 Å². The summed E-state index contributed by atoms with van der Waals surface area (Å²) in [4.78, 5) is 24.6. The number of urea groups is 1. The van der Waals surface area contributed by atoms with Crippen LogP contribution < -0.4 is 5.32 Å². The summed E-state index contributed by atoms with van der Waals surface area (Å²) in [5, 5.41) is 20.7. The first-order chi connectivity index (χ1) is 9.10. The quantitative estimate of drug-likeness (QED) is 0.616. The second-order valence-corrected chi connectivity index (χ2v) is 5.01. The van der Waals surface area contributed by atoms with E-state index in [1.807, 2.05) is 6.92 Å². The summed E-state index contributed by atoms with van der Waals surface area (Å²) in [6.07, 6.45) is 4.36. The van der Waals surface area contributed by atoms with Gasteiger partial charge in [0.2, 0.25) is 0 Å². The lowest BCUT2D eigenvalue weighted by molar-refractivity contribution is -0.141. The highest BCUT2D eigenvalue weighted by Crippen LogP contribution is 2.24. The van der Waals surface area contributed by atoms with Crippen LogP contribution in [0.25, 0.3) is 0 Å². The third-order valence-corrected chi connectivity index (χ3v) is 3.60. The number of rotatable bonds is 8. The number of carbonyl (C=O) groups is 2. The maximum atomic E-state index is 12.0. The minimum atomic E-state index is -0.875. The van der Waals surface area contributed by atoms with Gasteiger partial charge in [0.05, 0.1) is 12.5 Å². The Morgan fingerprint density at radius 2 is 2.11 bits per heavy atom. The predicted octanol–water partition coefficient (Wildman–Crippen LogP) is 1.04. The van der Waals surface area contributed by atoms with Crippen molar-refractivity contribution in [1.82, 2.24) is 10.2 Å². The molecule has 0 aromatic heterocycles. The fourth-order valence-corrected chi connectivity index (χ4v) is 2.23. The first-order valence-corrected chi connectivity index (χ1v) is 6.98. The molecular formula is C13H24N2O4. The number of carboxylic acid groups (broad SMARTS) is 1. The molecule has 110 valence electrons. The van der Waals surface area contributed by atoms with Crippen LogP contribution in [0.5, 0.6) is 0 Å².